The number of anilines is 1. The molecule has 1 heterocycles. The smallest absolute Gasteiger partial charge is 0.340 e. The van der Waals surface area contributed by atoms with Crippen LogP contribution in [0, 0.1) is 0 Å². The third-order valence-electron chi connectivity index (χ3n) is 2.89. The number of amides is 3. The Morgan fingerprint density at radius 1 is 1.22 bits per heavy atom. The largest absolute Gasteiger partial charge is 0.465 e. The minimum absolute atomic E-state index is 0.134. The zero-order chi connectivity index (χ0) is 17.6. The Kier molecular flexibility index (Phi) is 6.56. The van der Waals surface area contributed by atoms with E-state index in [4.69, 9.17) is 4.74 Å². The highest BCUT2D eigenvalue weighted by molar-refractivity contribution is 7.16. The number of carbonyl (C=O) groups excluding carboxylic acids is 3. The monoisotopic (exact) mass is 341 g/mol. The van der Waals surface area contributed by atoms with Crippen LogP contribution in [-0.2, 0) is 14.9 Å². The van der Waals surface area contributed by atoms with E-state index in [0.29, 0.717) is 17.1 Å². The van der Waals surface area contributed by atoms with Crippen LogP contribution in [0.2, 0.25) is 0 Å². The van der Waals surface area contributed by atoms with Gasteiger partial charge in [-0.25, -0.2) is 9.59 Å². The molecule has 1 aromatic rings. The number of likely N-dealkylation sites (N-methyl/N-ethyl adjacent to an activating group) is 1. The first-order valence-corrected chi connectivity index (χ1v) is 8.04. The Morgan fingerprint density at radius 3 is 2.39 bits per heavy atom. The number of hydrogen-bond acceptors (Lipinski definition) is 5. The van der Waals surface area contributed by atoms with Crippen molar-refractivity contribution in [2.45, 2.75) is 33.1 Å². The van der Waals surface area contributed by atoms with Crippen molar-refractivity contribution in [1.29, 1.82) is 0 Å². The predicted octanol–water partition coefficient (Wildman–Crippen LogP) is 2.09. The number of rotatable bonds is 5. The van der Waals surface area contributed by atoms with Gasteiger partial charge in [0.2, 0.25) is 5.91 Å². The van der Waals surface area contributed by atoms with Crippen LogP contribution in [0.1, 0.15) is 42.9 Å². The summed E-state index contributed by atoms with van der Waals surface area (Å²) >= 11 is 1.31. The van der Waals surface area contributed by atoms with Gasteiger partial charge in [-0.1, -0.05) is 20.8 Å². The Labute approximate surface area is 139 Å². The van der Waals surface area contributed by atoms with E-state index < -0.39 is 12.0 Å². The van der Waals surface area contributed by atoms with E-state index in [1.54, 1.807) is 13.0 Å². The molecule has 0 fully saturated rings. The molecule has 0 aliphatic heterocycles. The highest BCUT2D eigenvalue weighted by Crippen LogP contribution is 2.36. The fraction of sp³-hybridized carbons (Fsp3) is 0.533. The molecule has 0 aromatic carbocycles. The van der Waals surface area contributed by atoms with Gasteiger partial charge in [0.05, 0.1) is 19.2 Å². The van der Waals surface area contributed by atoms with Crippen LogP contribution < -0.4 is 16.0 Å². The van der Waals surface area contributed by atoms with Crippen molar-refractivity contribution >= 4 is 34.2 Å². The molecule has 0 atom stereocenters. The summed E-state index contributed by atoms with van der Waals surface area (Å²) in [6, 6.07) is 1.17. The van der Waals surface area contributed by atoms with E-state index in [0.717, 1.165) is 4.88 Å². The van der Waals surface area contributed by atoms with Gasteiger partial charge < -0.3 is 15.4 Å². The molecule has 0 aliphatic carbocycles. The van der Waals surface area contributed by atoms with Crippen molar-refractivity contribution in [1.82, 2.24) is 10.6 Å². The predicted molar refractivity (Wildman–Crippen MR) is 90.1 cm³/mol. The maximum Gasteiger partial charge on any atom is 0.340 e. The minimum Gasteiger partial charge on any atom is -0.465 e. The quantitative estimate of drug-likeness (QED) is 0.715. The van der Waals surface area contributed by atoms with Gasteiger partial charge in [-0.2, -0.15) is 0 Å². The molecule has 1 aromatic heterocycles. The lowest BCUT2D eigenvalue weighted by Crippen LogP contribution is -2.38. The normalized spacial score (nSPS) is 10.8. The molecule has 0 saturated heterocycles. The molecule has 23 heavy (non-hydrogen) atoms. The van der Waals surface area contributed by atoms with E-state index in [9.17, 15) is 14.4 Å². The summed E-state index contributed by atoms with van der Waals surface area (Å²) in [6.07, 6.45) is 0. The van der Waals surface area contributed by atoms with Gasteiger partial charge in [-0.15, -0.1) is 11.3 Å². The highest BCUT2D eigenvalue weighted by Gasteiger charge is 2.24. The van der Waals surface area contributed by atoms with Gasteiger partial charge in [0.25, 0.3) is 0 Å². The number of thiophene rings is 1. The molecular weight excluding hydrogens is 318 g/mol. The summed E-state index contributed by atoms with van der Waals surface area (Å²) in [5.74, 6) is -0.798. The molecule has 7 nitrogen and oxygen atoms in total. The molecule has 0 bridgehead atoms. The Hall–Kier alpha value is -2.09. The minimum atomic E-state index is -0.552. The summed E-state index contributed by atoms with van der Waals surface area (Å²) in [5.41, 5.74) is 0.140. The van der Waals surface area contributed by atoms with Crippen LogP contribution in [0.15, 0.2) is 6.07 Å². The van der Waals surface area contributed by atoms with Crippen molar-refractivity contribution in [3.8, 4) is 0 Å². The first kappa shape index (κ1) is 19.0. The molecular formula is C15H23N3O4S. The van der Waals surface area contributed by atoms with Gasteiger partial charge in [0, 0.05) is 11.4 Å². The third-order valence-corrected chi connectivity index (χ3v) is 4.36. The van der Waals surface area contributed by atoms with E-state index in [-0.39, 0.29) is 17.9 Å². The average molecular weight is 341 g/mol. The number of urea groups is 1. The molecule has 3 amide bonds. The topological polar surface area (TPSA) is 96.5 Å². The summed E-state index contributed by atoms with van der Waals surface area (Å²) in [4.78, 5) is 36.0. The van der Waals surface area contributed by atoms with Crippen molar-refractivity contribution in [2.75, 3.05) is 25.5 Å². The SMILES string of the molecule is CCNC(=O)CNC(=O)Nc1sc(C(C)(C)C)cc1C(=O)OC. The van der Waals surface area contributed by atoms with Gasteiger partial charge >= 0.3 is 12.0 Å². The summed E-state index contributed by atoms with van der Waals surface area (Å²) in [5, 5.41) is 8.02. The Bertz CT molecular complexity index is 590. The number of hydrogen-bond donors (Lipinski definition) is 3. The first-order valence-electron chi connectivity index (χ1n) is 7.23. The van der Waals surface area contributed by atoms with E-state index >= 15 is 0 Å². The number of esters is 1. The molecule has 0 saturated carbocycles. The van der Waals surface area contributed by atoms with Gasteiger partial charge in [0.1, 0.15) is 5.00 Å². The summed E-state index contributed by atoms with van der Waals surface area (Å²) in [6.45, 7) is 8.19. The molecule has 0 radical (unpaired) electrons. The van der Waals surface area contributed by atoms with Crippen molar-refractivity contribution < 1.29 is 19.1 Å². The molecule has 3 N–H and O–H groups in total. The molecule has 128 valence electrons. The van der Waals surface area contributed by atoms with Crippen LogP contribution >= 0.6 is 11.3 Å². The molecule has 8 heteroatoms. The highest BCUT2D eigenvalue weighted by atomic mass is 32.1. The summed E-state index contributed by atoms with van der Waals surface area (Å²) < 4.78 is 4.75. The molecule has 0 unspecified atom stereocenters. The number of carbonyl (C=O) groups is 3. The maximum absolute atomic E-state index is 11.9. The zero-order valence-electron chi connectivity index (χ0n) is 14.0. The second kappa shape index (κ2) is 7.96. The fourth-order valence-corrected chi connectivity index (χ4v) is 2.78. The number of nitrogens with one attached hydrogen (secondary N) is 3. The third kappa shape index (κ3) is 5.55. The second-order valence-electron chi connectivity index (χ2n) is 5.86. The number of methoxy groups -OCH3 is 1. The van der Waals surface area contributed by atoms with Gasteiger partial charge in [-0.05, 0) is 18.4 Å². The van der Waals surface area contributed by atoms with Crippen LogP contribution in [0.25, 0.3) is 0 Å². The standard InChI is InChI=1S/C15H23N3O4S/c1-6-16-11(19)8-17-14(21)18-12-9(13(20)22-5)7-10(23-12)15(2,3)4/h7H,6,8H2,1-5H3,(H,16,19)(H2,17,18,21). The molecule has 0 spiro atoms. The lowest BCUT2D eigenvalue weighted by atomic mass is 9.94. The van der Waals surface area contributed by atoms with E-state index in [1.807, 2.05) is 20.8 Å². The fourth-order valence-electron chi connectivity index (χ4n) is 1.68. The van der Waals surface area contributed by atoms with E-state index in [1.165, 1.54) is 18.4 Å². The number of ether oxygens (including phenoxy) is 1. The van der Waals surface area contributed by atoms with Gasteiger partial charge in [-0.3, -0.25) is 10.1 Å². The average Bonchev–Trinajstić information content (AvgIpc) is 2.88. The van der Waals surface area contributed by atoms with Crippen LogP contribution in [0.5, 0.6) is 0 Å². The second-order valence-corrected chi connectivity index (χ2v) is 6.91. The first-order chi connectivity index (χ1) is 10.7. The lowest BCUT2D eigenvalue weighted by Gasteiger charge is -2.15. The molecule has 1 rings (SSSR count). The summed E-state index contributed by atoms with van der Waals surface area (Å²) in [7, 11) is 1.29. The van der Waals surface area contributed by atoms with Crippen LogP contribution in [0.4, 0.5) is 9.80 Å². The lowest BCUT2D eigenvalue weighted by molar-refractivity contribution is -0.119. The Balaban J connectivity index is 2.85. The maximum atomic E-state index is 11.9. The zero-order valence-corrected chi connectivity index (χ0v) is 14.8. The van der Waals surface area contributed by atoms with E-state index in [2.05, 4.69) is 16.0 Å². The molecule has 0 aliphatic rings. The van der Waals surface area contributed by atoms with Crippen LogP contribution in [-0.4, -0.2) is 38.1 Å². The Morgan fingerprint density at radius 2 is 1.87 bits per heavy atom. The van der Waals surface area contributed by atoms with Crippen molar-refractivity contribution in [2.24, 2.45) is 0 Å². The van der Waals surface area contributed by atoms with Crippen molar-refractivity contribution in [3.05, 3.63) is 16.5 Å². The van der Waals surface area contributed by atoms with Crippen molar-refractivity contribution in [3.63, 3.8) is 0 Å². The van der Waals surface area contributed by atoms with Gasteiger partial charge in [0.15, 0.2) is 0 Å². The van der Waals surface area contributed by atoms with Crippen LogP contribution in [0.3, 0.4) is 0 Å².